The number of anilines is 1. The SMILES string of the molecule is O=C(CN1CC2(CC2)c2cc(C3CC3)sc2C1=O)Nc1ncc(F)cn1. The Labute approximate surface area is 153 Å². The van der Waals surface area contributed by atoms with E-state index >= 15 is 0 Å². The molecule has 5 rings (SSSR count). The average molecular weight is 372 g/mol. The quantitative estimate of drug-likeness (QED) is 0.895. The maximum absolute atomic E-state index is 12.9. The Hall–Kier alpha value is -2.35. The van der Waals surface area contributed by atoms with Crippen molar-refractivity contribution in [3.63, 3.8) is 0 Å². The van der Waals surface area contributed by atoms with Gasteiger partial charge in [0.15, 0.2) is 5.82 Å². The Kier molecular flexibility index (Phi) is 3.40. The largest absolute Gasteiger partial charge is 0.328 e. The Morgan fingerprint density at radius 3 is 2.73 bits per heavy atom. The summed E-state index contributed by atoms with van der Waals surface area (Å²) in [4.78, 5) is 36.4. The fourth-order valence-corrected chi connectivity index (χ4v) is 5.03. The molecule has 3 heterocycles. The summed E-state index contributed by atoms with van der Waals surface area (Å²) in [5.74, 6) is -0.342. The van der Waals surface area contributed by atoms with E-state index in [0.29, 0.717) is 12.5 Å². The summed E-state index contributed by atoms with van der Waals surface area (Å²) >= 11 is 1.60. The molecule has 2 fully saturated rings. The van der Waals surface area contributed by atoms with Crippen LogP contribution in [0.25, 0.3) is 0 Å². The van der Waals surface area contributed by atoms with Crippen LogP contribution in [0.3, 0.4) is 0 Å². The zero-order chi connectivity index (χ0) is 17.9. The fourth-order valence-electron chi connectivity index (χ4n) is 3.62. The van der Waals surface area contributed by atoms with E-state index in [1.54, 1.807) is 16.2 Å². The molecule has 2 saturated carbocycles. The van der Waals surface area contributed by atoms with Crippen molar-refractivity contribution in [1.29, 1.82) is 0 Å². The highest BCUT2D eigenvalue weighted by Crippen LogP contribution is 2.56. The van der Waals surface area contributed by atoms with Crippen molar-refractivity contribution >= 4 is 29.1 Å². The van der Waals surface area contributed by atoms with E-state index in [9.17, 15) is 14.0 Å². The molecule has 2 aromatic rings. The molecule has 6 nitrogen and oxygen atoms in total. The summed E-state index contributed by atoms with van der Waals surface area (Å²) in [6, 6.07) is 2.24. The average Bonchev–Trinajstić information content (AvgIpc) is 3.55. The third-order valence-corrected chi connectivity index (χ3v) is 6.62. The predicted molar refractivity (Wildman–Crippen MR) is 93.7 cm³/mol. The number of carbonyl (C=O) groups excluding carboxylic acids is 2. The van der Waals surface area contributed by atoms with Gasteiger partial charge in [-0.3, -0.25) is 14.9 Å². The second-order valence-corrected chi connectivity index (χ2v) is 8.46. The van der Waals surface area contributed by atoms with Crippen LogP contribution in [-0.4, -0.2) is 39.8 Å². The number of halogens is 1. The lowest BCUT2D eigenvalue weighted by Crippen LogP contribution is -2.46. The number of rotatable bonds is 4. The highest BCUT2D eigenvalue weighted by Gasteiger charge is 2.53. The van der Waals surface area contributed by atoms with Crippen LogP contribution in [0.1, 0.15) is 51.7 Å². The number of nitrogens with zero attached hydrogens (tertiary/aromatic N) is 3. The van der Waals surface area contributed by atoms with Gasteiger partial charge in [-0.05, 0) is 43.2 Å². The van der Waals surface area contributed by atoms with Gasteiger partial charge < -0.3 is 4.90 Å². The van der Waals surface area contributed by atoms with Crippen molar-refractivity contribution in [1.82, 2.24) is 14.9 Å². The fraction of sp³-hybridized carbons (Fsp3) is 0.444. The molecule has 0 atom stereocenters. The summed E-state index contributed by atoms with van der Waals surface area (Å²) in [6.07, 6.45) is 6.53. The first-order valence-corrected chi connectivity index (χ1v) is 9.57. The zero-order valence-corrected chi connectivity index (χ0v) is 14.8. The standard InChI is InChI=1S/C18H17FN4O2S/c19-11-6-20-17(21-7-11)22-14(24)8-23-9-18(3-4-18)12-5-13(10-1-2-10)26-15(12)16(23)25/h5-7,10H,1-4,8-9H2,(H,20,21,22,24). The number of aromatic nitrogens is 2. The van der Waals surface area contributed by atoms with Gasteiger partial charge in [-0.1, -0.05) is 0 Å². The normalized spacial score (nSPS) is 20.2. The van der Waals surface area contributed by atoms with E-state index in [1.165, 1.54) is 23.3 Å². The first-order valence-electron chi connectivity index (χ1n) is 8.75. The maximum atomic E-state index is 12.9. The number of thiophene rings is 1. The number of hydrogen-bond acceptors (Lipinski definition) is 5. The van der Waals surface area contributed by atoms with Crippen molar-refractivity contribution < 1.29 is 14.0 Å². The number of hydrogen-bond donors (Lipinski definition) is 1. The number of fused-ring (bicyclic) bond motifs is 2. The smallest absolute Gasteiger partial charge is 0.264 e. The lowest BCUT2D eigenvalue weighted by molar-refractivity contribution is -0.117. The first kappa shape index (κ1) is 15.9. The molecule has 134 valence electrons. The Morgan fingerprint density at radius 1 is 1.35 bits per heavy atom. The van der Waals surface area contributed by atoms with Gasteiger partial charge in [-0.25, -0.2) is 14.4 Å². The van der Waals surface area contributed by atoms with Crippen LogP contribution in [0.15, 0.2) is 18.5 Å². The molecule has 0 radical (unpaired) electrons. The van der Waals surface area contributed by atoms with Gasteiger partial charge >= 0.3 is 0 Å². The zero-order valence-electron chi connectivity index (χ0n) is 14.0. The highest BCUT2D eigenvalue weighted by molar-refractivity contribution is 7.14. The van der Waals surface area contributed by atoms with Crippen molar-refractivity contribution in [2.24, 2.45) is 0 Å². The molecule has 2 amide bonds. The Balaban J connectivity index is 1.34. The van der Waals surface area contributed by atoms with Crippen molar-refractivity contribution in [3.05, 3.63) is 39.6 Å². The molecule has 0 saturated heterocycles. The summed E-state index contributed by atoms with van der Waals surface area (Å²) in [5.41, 5.74) is 1.24. The molecule has 2 aliphatic carbocycles. The van der Waals surface area contributed by atoms with Gasteiger partial charge in [0.1, 0.15) is 6.54 Å². The van der Waals surface area contributed by atoms with Crippen LogP contribution >= 0.6 is 11.3 Å². The van der Waals surface area contributed by atoms with Crippen molar-refractivity contribution in [3.8, 4) is 0 Å². The topological polar surface area (TPSA) is 75.2 Å². The van der Waals surface area contributed by atoms with Crippen LogP contribution in [0.2, 0.25) is 0 Å². The summed E-state index contributed by atoms with van der Waals surface area (Å²) < 4.78 is 12.9. The monoisotopic (exact) mass is 372 g/mol. The van der Waals surface area contributed by atoms with Gasteiger partial charge in [0, 0.05) is 16.8 Å². The molecule has 1 N–H and O–H groups in total. The van der Waals surface area contributed by atoms with E-state index in [4.69, 9.17) is 0 Å². The molecule has 0 aromatic carbocycles. The summed E-state index contributed by atoms with van der Waals surface area (Å²) in [7, 11) is 0. The molecule has 1 spiro atoms. The molecular formula is C18H17FN4O2S. The van der Waals surface area contributed by atoms with Crippen LogP contribution in [0, 0.1) is 5.82 Å². The molecular weight excluding hydrogens is 355 g/mol. The van der Waals surface area contributed by atoms with Crippen molar-refractivity contribution in [2.75, 3.05) is 18.4 Å². The van der Waals surface area contributed by atoms with E-state index in [2.05, 4.69) is 21.4 Å². The minimum absolute atomic E-state index is 0.0369. The van der Waals surface area contributed by atoms with Gasteiger partial charge in [0.25, 0.3) is 5.91 Å². The molecule has 26 heavy (non-hydrogen) atoms. The Morgan fingerprint density at radius 2 is 2.08 bits per heavy atom. The van der Waals surface area contributed by atoms with E-state index in [1.807, 2.05) is 0 Å². The molecule has 2 aromatic heterocycles. The van der Waals surface area contributed by atoms with Crippen LogP contribution in [0.5, 0.6) is 0 Å². The third kappa shape index (κ3) is 2.68. The van der Waals surface area contributed by atoms with Crippen LogP contribution < -0.4 is 5.32 Å². The Bertz CT molecular complexity index is 902. The van der Waals surface area contributed by atoms with Crippen LogP contribution in [0.4, 0.5) is 10.3 Å². The van der Waals surface area contributed by atoms with Gasteiger partial charge in [0.2, 0.25) is 11.9 Å². The van der Waals surface area contributed by atoms with Gasteiger partial charge in [-0.15, -0.1) is 11.3 Å². The number of amides is 2. The van der Waals surface area contributed by atoms with Crippen molar-refractivity contribution in [2.45, 2.75) is 37.0 Å². The van der Waals surface area contributed by atoms with E-state index in [0.717, 1.165) is 30.1 Å². The lowest BCUT2D eigenvalue weighted by atomic mass is 9.91. The summed E-state index contributed by atoms with van der Waals surface area (Å²) in [5, 5.41) is 2.52. The minimum Gasteiger partial charge on any atom is -0.328 e. The summed E-state index contributed by atoms with van der Waals surface area (Å²) in [6.45, 7) is 0.536. The molecule has 1 aliphatic heterocycles. The molecule has 0 bridgehead atoms. The minimum atomic E-state index is -0.568. The predicted octanol–water partition coefficient (Wildman–Crippen LogP) is 2.68. The van der Waals surface area contributed by atoms with E-state index < -0.39 is 5.82 Å². The third-order valence-electron chi connectivity index (χ3n) is 5.34. The van der Waals surface area contributed by atoms with Crippen LogP contribution in [-0.2, 0) is 10.2 Å². The second-order valence-electron chi connectivity index (χ2n) is 7.38. The highest BCUT2D eigenvalue weighted by atomic mass is 32.1. The van der Waals surface area contributed by atoms with Gasteiger partial charge in [-0.2, -0.15) is 0 Å². The van der Waals surface area contributed by atoms with E-state index in [-0.39, 0.29) is 29.7 Å². The molecule has 3 aliphatic rings. The van der Waals surface area contributed by atoms with Gasteiger partial charge in [0.05, 0.1) is 17.3 Å². The second kappa shape index (κ2) is 5.57. The molecule has 8 heteroatoms. The first-order chi connectivity index (χ1) is 12.5. The molecule has 0 unspecified atom stereocenters. The number of nitrogens with one attached hydrogen (secondary N) is 1. The lowest BCUT2D eigenvalue weighted by Gasteiger charge is -2.32. The maximum Gasteiger partial charge on any atom is 0.264 e. The number of carbonyl (C=O) groups is 2.